The van der Waals surface area contributed by atoms with Gasteiger partial charge in [0, 0.05) is 25.6 Å². The Labute approximate surface area is 134 Å². The summed E-state index contributed by atoms with van der Waals surface area (Å²) in [4.78, 5) is 1.82. The van der Waals surface area contributed by atoms with E-state index < -0.39 is 11.7 Å². The van der Waals surface area contributed by atoms with Crippen LogP contribution in [0.25, 0.3) is 0 Å². The van der Waals surface area contributed by atoms with Crippen molar-refractivity contribution in [1.29, 1.82) is 0 Å². The van der Waals surface area contributed by atoms with Gasteiger partial charge in [0.2, 0.25) is 0 Å². The van der Waals surface area contributed by atoms with Crippen LogP contribution in [-0.4, -0.2) is 32.8 Å². The molecule has 0 radical (unpaired) electrons. The van der Waals surface area contributed by atoms with Crippen LogP contribution >= 0.6 is 0 Å². The summed E-state index contributed by atoms with van der Waals surface area (Å²) in [6.07, 6.45) is -1.72. The maximum absolute atomic E-state index is 13.6. The third kappa shape index (κ3) is 3.01. The van der Waals surface area contributed by atoms with Crippen molar-refractivity contribution < 1.29 is 17.9 Å². The number of unbranched alkanes of at least 4 members (excludes halogenated alkanes) is 1. The first-order valence-corrected chi connectivity index (χ1v) is 8.25. The fourth-order valence-electron chi connectivity index (χ4n) is 3.73. The molecule has 1 saturated heterocycles. The number of piperidine rings is 1. The van der Waals surface area contributed by atoms with Gasteiger partial charge in [-0.3, -0.25) is 0 Å². The third-order valence-corrected chi connectivity index (χ3v) is 4.88. The Morgan fingerprint density at radius 1 is 1.35 bits per heavy atom. The number of ether oxygens (including phenoxy) is 1. The number of nitrogens with one attached hydrogen (secondary N) is 1. The van der Waals surface area contributed by atoms with Crippen molar-refractivity contribution in [2.75, 3.05) is 31.6 Å². The molecule has 2 aliphatic rings. The summed E-state index contributed by atoms with van der Waals surface area (Å²) in [5.74, 6) is 0.434. The lowest BCUT2D eigenvalue weighted by Gasteiger charge is -2.31. The molecule has 2 aliphatic heterocycles. The minimum atomic E-state index is -4.37. The van der Waals surface area contributed by atoms with E-state index >= 15 is 0 Å². The Morgan fingerprint density at radius 2 is 2.13 bits per heavy atom. The number of rotatable bonds is 4. The van der Waals surface area contributed by atoms with Gasteiger partial charge in [-0.1, -0.05) is 13.3 Å². The van der Waals surface area contributed by atoms with E-state index in [1.54, 1.807) is 7.05 Å². The number of nitrogens with zero attached hydrogens (tertiary/aromatic N) is 1. The van der Waals surface area contributed by atoms with Crippen molar-refractivity contribution in [3.63, 3.8) is 0 Å². The van der Waals surface area contributed by atoms with E-state index in [0.717, 1.165) is 44.0 Å². The lowest BCUT2D eigenvalue weighted by atomic mass is 9.89. The summed E-state index contributed by atoms with van der Waals surface area (Å²) in [5.41, 5.74) is 0.531. The zero-order valence-electron chi connectivity index (χ0n) is 13.5. The topological polar surface area (TPSA) is 24.5 Å². The second kappa shape index (κ2) is 6.23. The monoisotopic (exact) mass is 328 g/mol. The van der Waals surface area contributed by atoms with Crippen molar-refractivity contribution >= 4 is 5.69 Å². The van der Waals surface area contributed by atoms with Gasteiger partial charge < -0.3 is 15.0 Å². The van der Waals surface area contributed by atoms with Crippen LogP contribution in [0.15, 0.2) is 12.1 Å². The van der Waals surface area contributed by atoms with Gasteiger partial charge in [0.15, 0.2) is 0 Å². The van der Waals surface area contributed by atoms with Crippen molar-refractivity contribution in [1.82, 2.24) is 5.32 Å². The minimum Gasteiger partial charge on any atom is -0.494 e. The number of benzene rings is 1. The molecule has 0 spiro atoms. The van der Waals surface area contributed by atoms with Crippen LogP contribution in [0.3, 0.4) is 0 Å². The lowest BCUT2D eigenvalue weighted by molar-refractivity contribution is -0.137. The first kappa shape index (κ1) is 16.4. The molecule has 23 heavy (non-hydrogen) atoms. The molecule has 0 aromatic heterocycles. The highest BCUT2D eigenvalue weighted by Gasteiger charge is 2.45. The smallest absolute Gasteiger partial charge is 0.418 e. The van der Waals surface area contributed by atoms with Crippen LogP contribution in [0, 0.1) is 0 Å². The minimum absolute atomic E-state index is 0.0968. The molecule has 2 atom stereocenters. The molecule has 6 heteroatoms. The van der Waals surface area contributed by atoms with Crippen molar-refractivity contribution in [2.45, 2.75) is 44.3 Å². The molecule has 3 nitrogen and oxygen atoms in total. The molecule has 0 bridgehead atoms. The van der Waals surface area contributed by atoms with Gasteiger partial charge >= 0.3 is 6.18 Å². The van der Waals surface area contributed by atoms with Crippen LogP contribution in [0.1, 0.15) is 43.2 Å². The van der Waals surface area contributed by atoms with Gasteiger partial charge in [-0.15, -0.1) is 0 Å². The largest absolute Gasteiger partial charge is 0.494 e. The fraction of sp³-hybridized carbons (Fsp3) is 0.647. The fourth-order valence-corrected chi connectivity index (χ4v) is 3.73. The summed E-state index contributed by atoms with van der Waals surface area (Å²) in [6, 6.07) is 3.11. The standard InChI is InChI=1S/C17H23F3N2O/c1-3-4-7-23-11-8-12-13-10-21-6-5-15(13)22(2)16(12)14(9-11)17(18,19)20/h8-9,13,15,21H,3-7,10H2,1-2H3/t13-,15-/m0/s1. The van der Waals surface area contributed by atoms with E-state index in [9.17, 15) is 13.2 Å². The lowest BCUT2D eigenvalue weighted by Crippen LogP contribution is -2.42. The maximum atomic E-state index is 13.6. The predicted molar refractivity (Wildman–Crippen MR) is 84.3 cm³/mol. The molecular weight excluding hydrogens is 305 g/mol. The van der Waals surface area contributed by atoms with Crippen LogP contribution in [-0.2, 0) is 6.18 Å². The van der Waals surface area contributed by atoms with Crippen LogP contribution < -0.4 is 15.0 Å². The summed E-state index contributed by atoms with van der Waals surface area (Å²) in [5, 5.41) is 3.30. The van der Waals surface area contributed by atoms with Crippen LogP contribution in [0.2, 0.25) is 0 Å². The van der Waals surface area contributed by atoms with E-state index in [4.69, 9.17) is 4.74 Å². The van der Waals surface area contributed by atoms with Gasteiger partial charge in [0.05, 0.1) is 17.9 Å². The molecule has 128 valence electrons. The molecule has 1 N–H and O–H groups in total. The normalized spacial score (nSPS) is 23.6. The Bertz CT molecular complexity index is 574. The highest BCUT2D eigenvalue weighted by Crippen LogP contribution is 2.50. The first-order valence-electron chi connectivity index (χ1n) is 8.25. The van der Waals surface area contributed by atoms with Gasteiger partial charge in [-0.2, -0.15) is 13.2 Å². The Hall–Kier alpha value is -1.43. The molecule has 0 unspecified atom stereocenters. The Balaban J connectivity index is 2.02. The Morgan fingerprint density at radius 3 is 2.83 bits per heavy atom. The average molecular weight is 328 g/mol. The quantitative estimate of drug-likeness (QED) is 0.851. The van der Waals surface area contributed by atoms with E-state index in [1.807, 2.05) is 17.9 Å². The summed E-state index contributed by atoms with van der Waals surface area (Å²) >= 11 is 0. The molecule has 0 aliphatic carbocycles. The van der Waals surface area contributed by atoms with Crippen LogP contribution in [0.4, 0.5) is 18.9 Å². The molecule has 0 amide bonds. The van der Waals surface area contributed by atoms with E-state index in [2.05, 4.69) is 5.32 Å². The Kier molecular flexibility index (Phi) is 4.45. The highest BCUT2D eigenvalue weighted by molar-refractivity contribution is 5.69. The molecule has 0 saturated carbocycles. The summed E-state index contributed by atoms with van der Waals surface area (Å²) in [6.45, 7) is 4.05. The molecule has 1 aromatic carbocycles. The van der Waals surface area contributed by atoms with Crippen LogP contribution in [0.5, 0.6) is 5.75 Å². The second-order valence-corrected chi connectivity index (χ2v) is 6.39. The zero-order chi connectivity index (χ0) is 16.6. The van der Waals surface area contributed by atoms with Crippen molar-refractivity contribution in [3.05, 3.63) is 23.3 Å². The maximum Gasteiger partial charge on any atom is 0.418 e. The van der Waals surface area contributed by atoms with E-state index in [0.29, 0.717) is 18.0 Å². The second-order valence-electron chi connectivity index (χ2n) is 6.39. The summed E-state index contributed by atoms with van der Waals surface area (Å²) in [7, 11) is 1.78. The summed E-state index contributed by atoms with van der Waals surface area (Å²) < 4.78 is 46.3. The van der Waals surface area contributed by atoms with Gasteiger partial charge in [-0.05, 0) is 37.1 Å². The van der Waals surface area contributed by atoms with Crippen molar-refractivity contribution in [2.24, 2.45) is 0 Å². The molecule has 1 aromatic rings. The highest BCUT2D eigenvalue weighted by atomic mass is 19.4. The average Bonchev–Trinajstić information content (AvgIpc) is 2.80. The molecular formula is C17H23F3N2O. The van der Waals surface area contributed by atoms with Gasteiger partial charge in [0.25, 0.3) is 0 Å². The van der Waals surface area contributed by atoms with Crippen molar-refractivity contribution in [3.8, 4) is 5.75 Å². The predicted octanol–water partition coefficient (Wildman–Crippen LogP) is 3.78. The molecule has 2 heterocycles. The number of anilines is 1. The van der Waals surface area contributed by atoms with E-state index in [-0.39, 0.29) is 12.0 Å². The van der Waals surface area contributed by atoms with Gasteiger partial charge in [0.1, 0.15) is 5.75 Å². The molecule has 1 fully saturated rings. The van der Waals surface area contributed by atoms with E-state index in [1.165, 1.54) is 0 Å². The number of fused-ring (bicyclic) bond motifs is 3. The number of hydrogen-bond acceptors (Lipinski definition) is 3. The zero-order valence-corrected chi connectivity index (χ0v) is 13.5. The number of hydrogen-bond donors (Lipinski definition) is 1. The SMILES string of the molecule is CCCCOc1cc2c(c(C(F)(F)F)c1)N(C)[C@H]1CCNC[C@@H]21. The number of halogens is 3. The third-order valence-electron chi connectivity index (χ3n) is 4.88. The first-order chi connectivity index (χ1) is 10.9. The number of alkyl halides is 3. The molecule has 3 rings (SSSR count). The van der Waals surface area contributed by atoms with Gasteiger partial charge in [-0.25, -0.2) is 0 Å². The number of likely N-dealkylation sites (N-methyl/N-ethyl adjacent to an activating group) is 1.